The molecule has 5 nitrogen and oxygen atoms in total. The minimum absolute atomic E-state index is 0.0386. The molecule has 105 heavy (non-hydrogen) atoms. The molecule has 58 radical (unpaired) electrons. The predicted octanol–water partition coefficient (Wildman–Crippen LogP) is -16.6. The molecule has 0 aliphatic heterocycles. The van der Waals surface area contributed by atoms with Crippen LogP contribution in [0.1, 0.15) is 0 Å². The van der Waals surface area contributed by atoms with Crippen LogP contribution in [0.2, 0.25) is 0 Å². The van der Waals surface area contributed by atoms with E-state index in [-0.39, 0.29) is 227 Å². The molecule has 0 aliphatic carbocycles. The lowest BCUT2D eigenvalue weighted by molar-refractivity contribution is 0.896. The molecule has 11 aromatic carbocycles. The zero-order valence-corrected chi connectivity index (χ0v) is 57.5. The van der Waals surface area contributed by atoms with E-state index in [1.54, 1.807) is 72.8 Å². The molecule has 0 fully saturated rings. The summed E-state index contributed by atoms with van der Waals surface area (Å²) in [5, 5.41) is 0.258. The smallest absolute Gasteiger partial charge is 0.240 e. The summed E-state index contributed by atoms with van der Waals surface area (Å²) in [5.74, 6) is -1.31. The number of hydrogen-bond acceptors (Lipinski definition) is 3. The summed E-state index contributed by atoms with van der Waals surface area (Å²) in [6.45, 7) is 0. The summed E-state index contributed by atoms with van der Waals surface area (Å²) in [6.07, 6.45) is 0. The van der Waals surface area contributed by atoms with Gasteiger partial charge in [0.2, 0.25) is 11.9 Å². The van der Waals surface area contributed by atoms with Crippen molar-refractivity contribution in [2.24, 2.45) is 0 Å². The number of aromatic nitrogens is 5. The summed E-state index contributed by atoms with van der Waals surface area (Å²) in [4.78, 5) is 18.5. The van der Waals surface area contributed by atoms with Gasteiger partial charge in [0.1, 0.15) is 228 Å². The van der Waals surface area contributed by atoms with Crippen molar-refractivity contribution in [3.63, 3.8) is 0 Å². The van der Waals surface area contributed by atoms with E-state index in [0.717, 1.165) is 0 Å². The van der Waals surface area contributed by atoms with Crippen LogP contribution >= 0.6 is 20.1 Å². The Morgan fingerprint density at radius 3 is 0.610 bits per heavy atom. The molecule has 0 unspecified atom stereocenters. The van der Waals surface area contributed by atoms with Gasteiger partial charge in [-0.2, -0.15) is 15.0 Å². The van der Waals surface area contributed by atoms with Gasteiger partial charge >= 0.3 is 0 Å². The van der Waals surface area contributed by atoms with Crippen LogP contribution in [0.15, 0.2) is 160 Å². The molecule has 0 saturated heterocycles. The second-order valence-electron chi connectivity index (χ2n) is 25.0. The van der Waals surface area contributed by atoms with E-state index < -0.39 is 37.8 Å². The molecule has 0 bridgehead atoms. The van der Waals surface area contributed by atoms with E-state index in [4.69, 9.17) is 242 Å². The third-order valence-electron chi connectivity index (χ3n) is 19.6. The van der Waals surface area contributed by atoms with Gasteiger partial charge in [0.15, 0.2) is 5.82 Å². The lowest BCUT2D eigenvalue weighted by atomic mass is 9.62. The Bertz CT molecular complexity index is 5510. The van der Waals surface area contributed by atoms with E-state index in [1.165, 1.54) is 9.13 Å². The minimum Gasteiger partial charge on any atom is -0.279 e. The van der Waals surface area contributed by atoms with Crippen LogP contribution in [0.4, 0.5) is 0 Å². The monoisotopic (exact) mass is 1300 g/mol. The zero-order valence-electron chi connectivity index (χ0n) is 55.8. The van der Waals surface area contributed by atoms with Crippen molar-refractivity contribution < 1.29 is 0 Å². The predicted molar refractivity (Wildman–Crippen MR) is 470 cm³/mol. The summed E-state index contributed by atoms with van der Waals surface area (Å²) < 4.78 is 2.73. The highest BCUT2D eigenvalue weighted by atomic mass is 32.3. The molecule has 0 amide bonds. The van der Waals surface area contributed by atoms with Crippen LogP contribution in [0.5, 0.6) is 0 Å². The maximum atomic E-state index is 8.52. The van der Waals surface area contributed by atoms with Gasteiger partial charge < -0.3 is 0 Å². The quantitative estimate of drug-likeness (QED) is 0.121. The summed E-state index contributed by atoms with van der Waals surface area (Å²) in [5.41, 5.74) is -5.12. The highest BCUT2D eigenvalue weighted by Gasteiger charge is 2.45. The second kappa shape index (κ2) is 27.1. The third kappa shape index (κ3) is 10.4. The van der Waals surface area contributed by atoms with Crippen molar-refractivity contribution in [1.29, 1.82) is 0 Å². The average Bonchev–Trinajstić information content (AvgIpc) is 1.04. The van der Waals surface area contributed by atoms with Crippen molar-refractivity contribution in [2.75, 3.05) is 0 Å². The maximum absolute atomic E-state index is 8.52. The van der Waals surface area contributed by atoms with Gasteiger partial charge in [0, 0.05) is 47.2 Å². The van der Waals surface area contributed by atoms with Crippen molar-refractivity contribution >= 4 is 450 Å². The molecule has 420 valence electrons. The Kier molecular flexibility index (Phi) is 19.2. The summed E-state index contributed by atoms with van der Waals surface area (Å²) in [6, 6.07) is 36.2. The van der Waals surface area contributed by atoms with Crippen LogP contribution < -0.4 is 158 Å². The number of nitrogens with zero attached hydrogens (tertiary/aromatic N) is 5. The van der Waals surface area contributed by atoms with Gasteiger partial charge in [-0.3, -0.25) is 9.13 Å². The molecule has 0 atom stereocenters. The first kappa shape index (κ1) is 74.5. The molecular formula is C69H20B29N5S2. The Hall–Kier alpha value is -7.39. The second-order valence-corrected chi connectivity index (χ2v) is 31.0. The van der Waals surface area contributed by atoms with Crippen molar-refractivity contribution in [2.45, 2.75) is 39.2 Å². The van der Waals surface area contributed by atoms with E-state index >= 15 is 0 Å². The Morgan fingerprint density at radius 1 is 0.190 bits per heavy atom. The summed E-state index contributed by atoms with van der Waals surface area (Å²) >= 11 is 0. The molecule has 14 aromatic rings. The molecule has 36 heteroatoms. The highest BCUT2D eigenvalue weighted by Crippen LogP contribution is 2.75. The topological polar surface area (TPSA) is 48.5 Å². The maximum Gasteiger partial charge on any atom is 0.240 e. The molecule has 3 heterocycles. The van der Waals surface area contributed by atoms with Gasteiger partial charge in [-0.05, 0) is 89.7 Å². The molecule has 0 N–H and O–H groups in total. The lowest BCUT2D eigenvalue weighted by Gasteiger charge is -2.52. The van der Waals surface area contributed by atoms with Crippen LogP contribution in [0, 0.1) is 0 Å². The van der Waals surface area contributed by atoms with Crippen molar-refractivity contribution in [1.82, 2.24) is 24.1 Å². The molecule has 14 rings (SSSR count). The zero-order chi connectivity index (χ0) is 75.7. The molecule has 0 spiro atoms. The number of fused-ring (bicyclic) bond motifs is 6. The van der Waals surface area contributed by atoms with E-state index in [9.17, 15) is 0 Å². The van der Waals surface area contributed by atoms with Crippen LogP contribution in [-0.2, 0) is 0 Å². The van der Waals surface area contributed by atoms with Gasteiger partial charge in [-0.15, -0.1) is 96.5 Å². The lowest BCUT2D eigenvalue weighted by Crippen LogP contribution is -2.57. The van der Waals surface area contributed by atoms with Gasteiger partial charge in [0.05, 0.1) is 0 Å². The van der Waals surface area contributed by atoms with Crippen LogP contribution in [0.25, 0.3) is 66.9 Å². The molecule has 0 aliphatic rings. The van der Waals surface area contributed by atoms with Gasteiger partial charge in [0.25, 0.3) is 0 Å². The number of benzene rings is 11. The van der Waals surface area contributed by atoms with E-state index in [1.807, 2.05) is 48.5 Å². The Balaban J connectivity index is 1.35. The first-order valence-corrected chi connectivity index (χ1v) is 34.8. The van der Waals surface area contributed by atoms with Gasteiger partial charge in [-0.1, -0.05) is 155 Å². The van der Waals surface area contributed by atoms with Crippen molar-refractivity contribution in [3.05, 3.63) is 121 Å². The normalized spacial score (nSPS) is 12.3. The molecular weight excluding hydrogens is 1280 g/mol. The fourth-order valence-corrected chi connectivity index (χ4v) is 23.0. The SMILES string of the molecule is [B]c1c([B])c([B])c(S(c2ccccc2)(c2ccccc2)c2c([B])c(-c3nc(-n4c5c([B])c([B])c([B])c([B])c5c5c([B])c([B])c([B])c([B])c54)nc(-n4c5c([B])c([B])c([B])c([B])c5c5c([B])c([B])c([B])c([B])c54)n3)c([B])c(S(c3ccccc3)(c3ccccc3)c3c([B])c([B])c([B])c([B])c3[B])c2[B])c([B])c1[B]. The number of rotatable bonds is 11. The largest absolute Gasteiger partial charge is 0.279 e. The Labute approximate surface area is 652 Å². The highest BCUT2D eigenvalue weighted by molar-refractivity contribution is 8.35. The van der Waals surface area contributed by atoms with Crippen LogP contribution in [-0.4, -0.2) is 252 Å². The van der Waals surface area contributed by atoms with Crippen LogP contribution in [0.3, 0.4) is 0 Å². The number of hydrogen-bond donors (Lipinski definition) is 0. The van der Waals surface area contributed by atoms with Crippen molar-refractivity contribution in [3.8, 4) is 23.3 Å². The van der Waals surface area contributed by atoms with Gasteiger partial charge in [-0.25, -0.2) is 0 Å². The van der Waals surface area contributed by atoms with E-state index in [0.29, 0.717) is 19.6 Å². The Morgan fingerprint density at radius 2 is 0.381 bits per heavy atom. The summed E-state index contributed by atoms with van der Waals surface area (Å²) in [7, 11) is 201. The molecule has 0 saturated carbocycles. The fraction of sp³-hybridized carbons (Fsp3) is 0. The first-order chi connectivity index (χ1) is 49.8. The van der Waals surface area contributed by atoms with E-state index in [2.05, 4.69) is 0 Å². The first-order valence-electron chi connectivity index (χ1n) is 31.6. The molecule has 3 aromatic heterocycles. The fourth-order valence-electron chi connectivity index (χ4n) is 14.4. The third-order valence-corrected chi connectivity index (χ3v) is 27.7. The standard InChI is InChI=1S/C69H20B29N5S2/c70-30-25-26-31(71)37(77)43(83)51(91)60(26)102(59(25)50(90)42(82)36(30)76)68-99-67(100-69(101-68)103-61-27(32(72)38(78)44(84)52(61)92)28-33(73)39(79)45(85)53(93)62(28)103)29-34(74)63(104(21-13-5-1-6-14-21,22-15-7-2-8-16-22)65-54(94)46(86)40(80)47(87)55(65)95)58(98)64(35(29)75)105(23-17-9-3-10-18-23,24-19-11-4-12-20-24)66-56(96)48(88)41(81)49(89)57(66)97/h1-20H. The average molecular weight is 1300 g/mol. The minimum atomic E-state index is -3.71.